The highest BCUT2D eigenvalue weighted by atomic mass is 35.5. The predicted molar refractivity (Wildman–Crippen MR) is 83.3 cm³/mol. The van der Waals surface area contributed by atoms with Gasteiger partial charge in [0.25, 0.3) is 0 Å². The Kier molecular flexibility index (Phi) is 3.82. The molecule has 104 valence electrons. The number of rotatable bonds is 3. The van der Waals surface area contributed by atoms with Crippen molar-refractivity contribution in [2.24, 2.45) is 0 Å². The lowest BCUT2D eigenvalue weighted by molar-refractivity contribution is 0.178. The summed E-state index contributed by atoms with van der Waals surface area (Å²) in [5.74, 6) is 0. The highest BCUT2D eigenvalue weighted by Gasteiger charge is 2.14. The molecule has 2 aromatic rings. The molecule has 0 saturated carbocycles. The molecule has 0 bridgehead atoms. The first-order valence-corrected chi connectivity index (χ1v) is 7.56. The molecule has 0 amide bonds. The van der Waals surface area contributed by atoms with Gasteiger partial charge in [0.05, 0.1) is 6.10 Å². The van der Waals surface area contributed by atoms with Crippen LogP contribution in [0.25, 0.3) is 0 Å². The highest BCUT2D eigenvalue weighted by Crippen LogP contribution is 2.27. The fraction of sp³-hybridized carbons (Fsp3) is 0.333. The van der Waals surface area contributed by atoms with Crippen molar-refractivity contribution >= 4 is 11.6 Å². The number of halogens is 1. The summed E-state index contributed by atoms with van der Waals surface area (Å²) in [7, 11) is 0. The van der Waals surface area contributed by atoms with Crippen LogP contribution in [0.5, 0.6) is 0 Å². The first-order valence-electron chi connectivity index (χ1n) is 7.18. The molecule has 0 aromatic heterocycles. The van der Waals surface area contributed by atoms with Gasteiger partial charge in [-0.05, 0) is 60.1 Å². The van der Waals surface area contributed by atoms with Gasteiger partial charge >= 0.3 is 0 Å². The summed E-state index contributed by atoms with van der Waals surface area (Å²) in [5, 5.41) is 11.1. The molecule has 1 nitrogen and oxygen atoms in total. The van der Waals surface area contributed by atoms with E-state index in [1.807, 2.05) is 25.1 Å². The zero-order valence-corrected chi connectivity index (χ0v) is 12.5. The van der Waals surface area contributed by atoms with E-state index >= 15 is 0 Å². The smallest absolute Gasteiger partial charge is 0.0830 e. The zero-order chi connectivity index (χ0) is 14.1. The van der Waals surface area contributed by atoms with Gasteiger partial charge in [-0.25, -0.2) is 0 Å². The lowest BCUT2D eigenvalue weighted by Gasteiger charge is -2.13. The minimum absolute atomic E-state index is 0.467. The largest absolute Gasteiger partial charge is 0.388 e. The summed E-state index contributed by atoms with van der Waals surface area (Å²) >= 11 is 6.03. The van der Waals surface area contributed by atoms with E-state index in [0.717, 1.165) is 16.1 Å². The molecule has 1 atom stereocenters. The fourth-order valence-corrected chi connectivity index (χ4v) is 3.09. The summed E-state index contributed by atoms with van der Waals surface area (Å²) in [6.45, 7) is 1.97. The Labute approximate surface area is 125 Å². The number of fused-ring (bicyclic) bond motifs is 1. The van der Waals surface area contributed by atoms with Gasteiger partial charge in [-0.2, -0.15) is 0 Å². The molecule has 3 rings (SSSR count). The van der Waals surface area contributed by atoms with Crippen LogP contribution >= 0.6 is 11.6 Å². The van der Waals surface area contributed by atoms with Crippen molar-refractivity contribution in [2.75, 3.05) is 0 Å². The number of hydrogen-bond donors (Lipinski definition) is 1. The van der Waals surface area contributed by atoms with Gasteiger partial charge in [0, 0.05) is 11.4 Å². The van der Waals surface area contributed by atoms with Crippen molar-refractivity contribution in [1.82, 2.24) is 0 Å². The standard InChI is InChI=1S/C18H19ClO/c1-12-9-16(7-8-17(12)19)18(20)11-13-5-6-14-3-2-4-15(14)10-13/h5-10,18,20H,2-4,11H2,1H3. The first kappa shape index (κ1) is 13.7. The number of benzene rings is 2. The summed E-state index contributed by atoms with van der Waals surface area (Å²) in [4.78, 5) is 0. The second kappa shape index (κ2) is 5.59. The summed E-state index contributed by atoms with van der Waals surface area (Å²) in [6.07, 6.45) is 3.84. The number of hydrogen-bond acceptors (Lipinski definition) is 1. The fourth-order valence-electron chi connectivity index (χ4n) is 2.97. The molecule has 0 saturated heterocycles. The normalized spacial score (nSPS) is 15.2. The molecular weight excluding hydrogens is 268 g/mol. The van der Waals surface area contributed by atoms with Gasteiger partial charge in [0.15, 0.2) is 0 Å². The Morgan fingerprint density at radius 3 is 2.70 bits per heavy atom. The Morgan fingerprint density at radius 1 is 1.10 bits per heavy atom. The van der Waals surface area contributed by atoms with Gasteiger partial charge in [0.1, 0.15) is 0 Å². The average Bonchev–Trinajstić information content (AvgIpc) is 2.89. The third kappa shape index (κ3) is 2.74. The second-order valence-electron chi connectivity index (χ2n) is 5.69. The van der Waals surface area contributed by atoms with Crippen LogP contribution < -0.4 is 0 Å². The summed E-state index contributed by atoms with van der Waals surface area (Å²) < 4.78 is 0. The van der Waals surface area contributed by atoms with Crippen LogP contribution in [0.4, 0.5) is 0 Å². The van der Waals surface area contributed by atoms with Crippen LogP contribution in [0.15, 0.2) is 36.4 Å². The van der Waals surface area contributed by atoms with E-state index in [-0.39, 0.29) is 0 Å². The second-order valence-corrected chi connectivity index (χ2v) is 6.09. The Bertz CT molecular complexity index is 633. The van der Waals surface area contributed by atoms with E-state index in [0.29, 0.717) is 6.42 Å². The molecular formula is C18H19ClO. The van der Waals surface area contributed by atoms with Gasteiger partial charge in [-0.15, -0.1) is 0 Å². The van der Waals surface area contributed by atoms with E-state index in [1.54, 1.807) is 0 Å². The topological polar surface area (TPSA) is 20.2 Å². The minimum atomic E-state index is -0.467. The first-order chi connectivity index (χ1) is 9.63. The van der Waals surface area contributed by atoms with Crippen LogP contribution in [0.3, 0.4) is 0 Å². The monoisotopic (exact) mass is 286 g/mol. The third-order valence-electron chi connectivity index (χ3n) is 4.16. The van der Waals surface area contributed by atoms with Gasteiger partial charge < -0.3 is 5.11 Å². The van der Waals surface area contributed by atoms with E-state index in [1.165, 1.54) is 36.0 Å². The molecule has 0 aliphatic heterocycles. The third-order valence-corrected chi connectivity index (χ3v) is 4.58. The van der Waals surface area contributed by atoms with Crippen LogP contribution in [0, 0.1) is 6.92 Å². The average molecular weight is 287 g/mol. The van der Waals surface area contributed by atoms with Gasteiger partial charge in [0.2, 0.25) is 0 Å². The molecule has 1 unspecified atom stereocenters. The van der Waals surface area contributed by atoms with Crippen LogP contribution in [-0.4, -0.2) is 5.11 Å². The molecule has 0 heterocycles. The van der Waals surface area contributed by atoms with E-state index in [4.69, 9.17) is 11.6 Å². The number of aliphatic hydroxyl groups excluding tert-OH is 1. The molecule has 2 heteroatoms. The van der Waals surface area contributed by atoms with Crippen molar-refractivity contribution in [2.45, 2.75) is 38.7 Å². The molecule has 1 aliphatic rings. The van der Waals surface area contributed by atoms with Crippen molar-refractivity contribution in [3.8, 4) is 0 Å². The summed E-state index contributed by atoms with van der Waals surface area (Å²) in [5.41, 5.74) is 6.10. The summed E-state index contributed by atoms with van der Waals surface area (Å²) in [6, 6.07) is 12.4. The zero-order valence-electron chi connectivity index (χ0n) is 11.7. The maximum atomic E-state index is 10.4. The Balaban J connectivity index is 1.78. The lowest BCUT2D eigenvalue weighted by Crippen LogP contribution is -2.03. The molecule has 1 N–H and O–H groups in total. The number of aryl methyl sites for hydroxylation is 3. The maximum Gasteiger partial charge on any atom is 0.0830 e. The predicted octanol–water partition coefficient (Wildman–Crippen LogP) is 4.41. The van der Waals surface area contributed by atoms with E-state index < -0.39 is 6.10 Å². The van der Waals surface area contributed by atoms with Gasteiger partial charge in [-0.3, -0.25) is 0 Å². The van der Waals surface area contributed by atoms with E-state index in [9.17, 15) is 5.11 Å². The van der Waals surface area contributed by atoms with Crippen molar-refractivity contribution in [1.29, 1.82) is 0 Å². The van der Waals surface area contributed by atoms with Crippen LogP contribution in [0.1, 0.15) is 40.3 Å². The molecule has 20 heavy (non-hydrogen) atoms. The Hall–Kier alpha value is -1.31. The van der Waals surface area contributed by atoms with Crippen molar-refractivity contribution < 1.29 is 5.11 Å². The molecule has 0 radical (unpaired) electrons. The quantitative estimate of drug-likeness (QED) is 0.886. The molecule has 1 aliphatic carbocycles. The minimum Gasteiger partial charge on any atom is -0.388 e. The van der Waals surface area contributed by atoms with Crippen molar-refractivity contribution in [3.63, 3.8) is 0 Å². The maximum absolute atomic E-state index is 10.4. The van der Waals surface area contributed by atoms with Gasteiger partial charge in [-0.1, -0.05) is 41.9 Å². The molecule has 0 fully saturated rings. The SMILES string of the molecule is Cc1cc(C(O)Cc2ccc3c(c2)CCC3)ccc1Cl. The van der Waals surface area contributed by atoms with Crippen LogP contribution in [0.2, 0.25) is 5.02 Å². The highest BCUT2D eigenvalue weighted by molar-refractivity contribution is 6.31. The van der Waals surface area contributed by atoms with Crippen molar-refractivity contribution in [3.05, 3.63) is 69.2 Å². The van der Waals surface area contributed by atoms with Crippen LogP contribution in [-0.2, 0) is 19.3 Å². The molecule has 0 spiro atoms. The number of aliphatic hydroxyl groups is 1. The Morgan fingerprint density at radius 2 is 1.90 bits per heavy atom. The van der Waals surface area contributed by atoms with E-state index in [2.05, 4.69) is 18.2 Å². The molecule has 2 aromatic carbocycles. The lowest BCUT2D eigenvalue weighted by atomic mass is 9.97.